The van der Waals surface area contributed by atoms with E-state index < -0.39 is 17.0 Å². The lowest BCUT2D eigenvalue weighted by atomic mass is 9.96. The predicted molar refractivity (Wildman–Crippen MR) is 79.1 cm³/mol. The minimum atomic E-state index is -4.81. The lowest BCUT2D eigenvalue weighted by Gasteiger charge is -2.12. The maximum atomic E-state index is 12.2. The molecule has 0 bridgehead atoms. The van der Waals surface area contributed by atoms with Gasteiger partial charge in [0, 0.05) is 23.6 Å². The van der Waals surface area contributed by atoms with Crippen LogP contribution in [0.3, 0.4) is 0 Å². The van der Waals surface area contributed by atoms with E-state index in [-0.39, 0.29) is 17.9 Å². The van der Waals surface area contributed by atoms with E-state index in [0.717, 1.165) is 12.1 Å². The molecule has 0 aliphatic carbocycles. The van der Waals surface area contributed by atoms with Gasteiger partial charge in [-0.05, 0) is 17.7 Å². The number of rotatable bonds is 3. The fourth-order valence-corrected chi connectivity index (χ4v) is 2.68. The molecule has 2 aromatic carbocycles. The molecule has 0 atom stereocenters. The summed E-state index contributed by atoms with van der Waals surface area (Å²) < 4.78 is 46.0. The van der Waals surface area contributed by atoms with E-state index in [0.29, 0.717) is 28.9 Å². The standard InChI is InChI=1S/C16H9F3N2O4/c17-16(18,19)25-10-3-1-9(2-4-10)12-7-14(21(22)23)13(8-20)11-5-6-24-15(11)12/h1-4,7H,5-6H2. The molecule has 1 aliphatic rings. The second-order valence-corrected chi connectivity index (χ2v) is 5.17. The fourth-order valence-electron chi connectivity index (χ4n) is 2.68. The minimum Gasteiger partial charge on any atom is -0.492 e. The predicted octanol–water partition coefficient (Wildman–Crippen LogP) is 3.97. The second kappa shape index (κ2) is 5.98. The molecule has 0 spiro atoms. The summed E-state index contributed by atoms with van der Waals surface area (Å²) >= 11 is 0. The van der Waals surface area contributed by atoms with Gasteiger partial charge in [0.1, 0.15) is 23.1 Å². The topological polar surface area (TPSA) is 85.4 Å². The Morgan fingerprint density at radius 1 is 1.28 bits per heavy atom. The van der Waals surface area contributed by atoms with E-state index >= 15 is 0 Å². The molecule has 0 saturated heterocycles. The average Bonchev–Trinajstić information content (AvgIpc) is 3.02. The number of nitro groups is 1. The van der Waals surface area contributed by atoms with Crippen molar-refractivity contribution in [2.45, 2.75) is 12.8 Å². The van der Waals surface area contributed by atoms with E-state index in [4.69, 9.17) is 4.74 Å². The van der Waals surface area contributed by atoms with Gasteiger partial charge in [-0.25, -0.2) is 0 Å². The summed E-state index contributed by atoms with van der Waals surface area (Å²) in [5, 5.41) is 20.4. The maximum absolute atomic E-state index is 12.2. The zero-order valence-corrected chi connectivity index (χ0v) is 12.5. The SMILES string of the molecule is N#Cc1c([N+](=O)[O-])cc(-c2ccc(OC(F)(F)F)cc2)c2c1CCO2. The van der Waals surface area contributed by atoms with Crippen LogP contribution in [0.5, 0.6) is 11.5 Å². The highest BCUT2D eigenvalue weighted by Crippen LogP contribution is 2.43. The van der Waals surface area contributed by atoms with Gasteiger partial charge in [-0.2, -0.15) is 5.26 Å². The van der Waals surface area contributed by atoms with E-state index in [1.807, 2.05) is 6.07 Å². The molecule has 1 aliphatic heterocycles. The first kappa shape index (κ1) is 16.6. The molecule has 0 aromatic heterocycles. The minimum absolute atomic E-state index is 0.0572. The monoisotopic (exact) mass is 350 g/mol. The Morgan fingerprint density at radius 3 is 2.52 bits per heavy atom. The summed E-state index contributed by atoms with van der Waals surface area (Å²) in [6.07, 6.45) is -4.46. The largest absolute Gasteiger partial charge is 0.573 e. The lowest BCUT2D eigenvalue weighted by molar-refractivity contribution is -0.385. The van der Waals surface area contributed by atoms with Crippen LogP contribution in [-0.2, 0) is 6.42 Å². The van der Waals surface area contributed by atoms with Crippen molar-refractivity contribution in [3.05, 3.63) is 51.6 Å². The number of benzene rings is 2. The van der Waals surface area contributed by atoms with Crippen LogP contribution in [0.4, 0.5) is 18.9 Å². The van der Waals surface area contributed by atoms with Crippen LogP contribution < -0.4 is 9.47 Å². The third kappa shape index (κ3) is 3.19. The highest BCUT2D eigenvalue weighted by atomic mass is 19.4. The number of hydrogen-bond acceptors (Lipinski definition) is 5. The van der Waals surface area contributed by atoms with E-state index in [9.17, 15) is 28.5 Å². The van der Waals surface area contributed by atoms with Crippen LogP contribution in [0, 0.1) is 21.4 Å². The van der Waals surface area contributed by atoms with E-state index in [1.165, 1.54) is 18.2 Å². The highest BCUT2D eigenvalue weighted by Gasteiger charge is 2.32. The number of halogens is 3. The second-order valence-electron chi connectivity index (χ2n) is 5.17. The first-order valence-electron chi connectivity index (χ1n) is 7.03. The first-order chi connectivity index (χ1) is 11.8. The summed E-state index contributed by atoms with van der Waals surface area (Å²) in [7, 11) is 0. The molecule has 0 radical (unpaired) electrons. The van der Waals surface area contributed by atoms with Gasteiger partial charge < -0.3 is 9.47 Å². The van der Waals surface area contributed by atoms with Gasteiger partial charge in [-0.1, -0.05) is 12.1 Å². The van der Waals surface area contributed by atoms with Crippen molar-refractivity contribution >= 4 is 5.69 Å². The maximum Gasteiger partial charge on any atom is 0.573 e. The van der Waals surface area contributed by atoms with Gasteiger partial charge in [0.05, 0.1) is 11.5 Å². The van der Waals surface area contributed by atoms with E-state index in [1.54, 1.807) is 0 Å². The summed E-state index contributed by atoms with van der Waals surface area (Å²) in [6.45, 7) is 0.271. The Balaban J connectivity index is 2.09. The van der Waals surface area contributed by atoms with Crippen molar-refractivity contribution in [1.29, 1.82) is 5.26 Å². The number of nitro benzene ring substituents is 1. The molecule has 128 valence electrons. The van der Waals surface area contributed by atoms with Crippen molar-refractivity contribution in [3.8, 4) is 28.7 Å². The summed E-state index contributed by atoms with van der Waals surface area (Å²) in [5.74, 6) is -0.0661. The normalized spacial score (nSPS) is 12.9. The van der Waals surface area contributed by atoms with Crippen molar-refractivity contribution < 1.29 is 27.6 Å². The number of ether oxygens (including phenoxy) is 2. The van der Waals surface area contributed by atoms with Crippen molar-refractivity contribution in [1.82, 2.24) is 0 Å². The highest BCUT2D eigenvalue weighted by molar-refractivity contribution is 5.79. The Morgan fingerprint density at radius 2 is 1.96 bits per heavy atom. The number of nitrogens with zero attached hydrogens (tertiary/aromatic N) is 2. The van der Waals surface area contributed by atoms with Gasteiger partial charge in [-0.3, -0.25) is 10.1 Å². The van der Waals surface area contributed by atoms with Crippen molar-refractivity contribution in [3.63, 3.8) is 0 Å². The molecule has 2 aromatic rings. The molecule has 1 heterocycles. The average molecular weight is 350 g/mol. The van der Waals surface area contributed by atoms with Gasteiger partial charge in [-0.15, -0.1) is 13.2 Å². The van der Waals surface area contributed by atoms with Gasteiger partial charge in [0.2, 0.25) is 0 Å². The molecule has 0 saturated carbocycles. The van der Waals surface area contributed by atoms with Crippen LogP contribution in [0.15, 0.2) is 30.3 Å². The van der Waals surface area contributed by atoms with Gasteiger partial charge >= 0.3 is 6.36 Å². The summed E-state index contributed by atoms with van der Waals surface area (Å²) in [4.78, 5) is 10.6. The van der Waals surface area contributed by atoms with Crippen LogP contribution in [0.25, 0.3) is 11.1 Å². The summed E-state index contributed by atoms with van der Waals surface area (Å²) in [6, 6.07) is 7.91. The number of alkyl halides is 3. The third-order valence-electron chi connectivity index (χ3n) is 3.66. The fraction of sp³-hybridized carbons (Fsp3) is 0.188. The third-order valence-corrected chi connectivity index (χ3v) is 3.66. The molecule has 0 fully saturated rings. The Labute approximate surface area is 139 Å². The Bertz CT molecular complexity index is 886. The molecule has 9 heteroatoms. The molecule has 0 unspecified atom stereocenters. The molecule has 0 amide bonds. The van der Waals surface area contributed by atoms with E-state index in [2.05, 4.69) is 4.74 Å². The zero-order valence-electron chi connectivity index (χ0n) is 12.5. The molecule has 25 heavy (non-hydrogen) atoms. The van der Waals surface area contributed by atoms with Crippen LogP contribution in [0.1, 0.15) is 11.1 Å². The molecular formula is C16H9F3N2O4. The molecule has 6 nitrogen and oxygen atoms in total. The summed E-state index contributed by atoms with van der Waals surface area (Å²) in [5.41, 5.74) is 0.773. The quantitative estimate of drug-likeness (QED) is 0.618. The number of hydrogen-bond donors (Lipinski definition) is 0. The first-order valence-corrected chi connectivity index (χ1v) is 7.03. The van der Waals surface area contributed by atoms with Crippen LogP contribution in [-0.4, -0.2) is 17.9 Å². The Kier molecular flexibility index (Phi) is 3.96. The van der Waals surface area contributed by atoms with Crippen LogP contribution >= 0.6 is 0 Å². The van der Waals surface area contributed by atoms with Crippen molar-refractivity contribution in [2.24, 2.45) is 0 Å². The Hall–Kier alpha value is -3.28. The molecule has 0 N–H and O–H groups in total. The lowest BCUT2D eigenvalue weighted by Crippen LogP contribution is -2.16. The van der Waals surface area contributed by atoms with Crippen molar-refractivity contribution in [2.75, 3.05) is 6.61 Å². The molecular weight excluding hydrogens is 341 g/mol. The molecule has 3 rings (SSSR count). The smallest absolute Gasteiger partial charge is 0.492 e. The number of nitriles is 1. The zero-order chi connectivity index (χ0) is 18.2. The van der Waals surface area contributed by atoms with Crippen LogP contribution in [0.2, 0.25) is 0 Å². The van der Waals surface area contributed by atoms with Gasteiger partial charge in [0.15, 0.2) is 0 Å². The number of fused-ring (bicyclic) bond motifs is 1. The van der Waals surface area contributed by atoms with Gasteiger partial charge in [0.25, 0.3) is 5.69 Å².